The Labute approximate surface area is 168 Å². The minimum absolute atomic E-state index is 0.0859. The van der Waals surface area contributed by atoms with Crippen molar-refractivity contribution in [2.75, 3.05) is 26.7 Å². The summed E-state index contributed by atoms with van der Waals surface area (Å²) in [4.78, 5) is 32.2. The molecule has 0 fully saturated rings. The van der Waals surface area contributed by atoms with E-state index in [9.17, 15) is 9.59 Å². The van der Waals surface area contributed by atoms with E-state index >= 15 is 0 Å². The van der Waals surface area contributed by atoms with Crippen LogP contribution < -0.4 is 0 Å². The lowest BCUT2D eigenvalue weighted by molar-refractivity contribution is 0.0714. The minimum atomic E-state index is -0.260. The number of aryl methyl sites for hydroxylation is 1. The third-order valence-electron chi connectivity index (χ3n) is 5.57. The summed E-state index contributed by atoms with van der Waals surface area (Å²) < 4.78 is 0. The Morgan fingerprint density at radius 1 is 1.34 bits per heavy atom. The van der Waals surface area contributed by atoms with Crippen LogP contribution in [0.1, 0.15) is 44.7 Å². The lowest BCUT2D eigenvalue weighted by Crippen LogP contribution is -2.37. The van der Waals surface area contributed by atoms with E-state index in [-0.39, 0.29) is 25.0 Å². The zero-order valence-electron chi connectivity index (χ0n) is 16.7. The molecule has 2 amide bonds. The van der Waals surface area contributed by atoms with Gasteiger partial charge in [-0.2, -0.15) is 5.10 Å². The summed E-state index contributed by atoms with van der Waals surface area (Å²) in [5.74, 6) is -0.346. The van der Waals surface area contributed by atoms with Crippen LogP contribution in [-0.4, -0.2) is 68.6 Å². The number of benzene rings is 1. The maximum atomic E-state index is 13.2. The van der Waals surface area contributed by atoms with Crippen molar-refractivity contribution in [2.24, 2.45) is 0 Å². The lowest BCUT2D eigenvalue weighted by atomic mass is 10.0. The molecule has 0 aliphatic carbocycles. The second-order valence-corrected chi connectivity index (χ2v) is 7.37. The van der Waals surface area contributed by atoms with Crippen molar-refractivity contribution >= 4 is 22.7 Å². The van der Waals surface area contributed by atoms with Gasteiger partial charge in [-0.25, -0.2) is 0 Å². The van der Waals surface area contributed by atoms with Crippen LogP contribution in [0.3, 0.4) is 0 Å². The molecule has 0 radical (unpaired) electrons. The van der Waals surface area contributed by atoms with Crippen molar-refractivity contribution in [1.82, 2.24) is 25.0 Å². The van der Waals surface area contributed by atoms with Crippen molar-refractivity contribution in [3.05, 3.63) is 52.5 Å². The number of carbonyl (C=O) groups is 2. The molecule has 0 unspecified atom stereocenters. The molecule has 0 spiro atoms. The normalized spacial score (nSPS) is 13.6. The molecular weight excluding hydrogens is 370 g/mol. The second-order valence-electron chi connectivity index (χ2n) is 7.37. The van der Waals surface area contributed by atoms with E-state index in [4.69, 9.17) is 5.11 Å². The van der Waals surface area contributed by atoms with E-state index in [0.717, 1.165) is 28.6 Å². The van der Waals surface area contributed by atoms with Crippen LogP contribution in [-0.2, 0) is 19.4 Å². The molecule has 1 aromatic carbocycles. The number of fused-ring (bicyclic) bond motifs is 2. The number of nitrogens with one attached hydrogen (secondary N) is 2. The molecule has 1 aliphatic heterocycles. The molecule has 8 heteroatoms. The Balaban J connectivity index is 1.59. The van der Waals surface area contributed by atoms with Crippen LogP contribution in [0.15, 0.2) is 24.3 Å². The second kappa shape index (κ2) is 7.71. The number of hydrogen-bond acceptors (Lipinski definition) is 4. The summed E-state index contributed by atoms with van der Waals surface area (Å²) in [6, 6.07) is 7.96. The molecule has 152 valence electrons. The van der Waals surface area contributed by atoms with Crippen molar-refractivity contribution in [3.63, 3.8) is 0 Å². The first-order valence-corrected chi connectivity index (χ1v) is 9.85. The molecule has 1 aliphatic rings. The quantitative estimate of drug-likeness (QED) is 0.612. The molecule has 0 saturated heterocycles. The molecule has 0 saturated carbocycles. The van der Waals surface area contributed by atoms with Crippen LogP contribution in [0.25, 0.3) is 10.9 Å². The summed E-state index contributed by atoms with van der Waals surface area (Å²) >= 11 is 0. The van der Waals surface area contributed by atoms with E-state index in [1.807, 2.05) is 18.2 Å². The number of carbonyl (C=O) groups excluding carboxylic acids is 2. The highest BCUT2D eigenvalue weighted by Gasteiger charge is 2.30. The van der Waals surface area contributed by atoms with Crippen LogP contribution in [0.4, 0.5) is 0 Å². The molecular formula is C21H25N5O3. The van der Waals surface area contributed by atoms with Gasteiger partial charge in [0.05, 0.1) is 13.2 Å². The summed E-state index contributed by atoms with van der Waals surface area (Å²) in [5, 5.41) is 17.3. The van der Waals surface area contributed by atoms with Gasteiger partial charge >= 0.3 is 0 Å². The highest BCUT2D eigenvalue weighted by atomic mass is 16.3. The number of aliphatic hydroxyl groups is 1. The Kier molecular flexibility index (Phi) is 5.10. The Morgan fingerprint density at radius 2 is 2.17 bits per heavy atom. The van der Waals surface area contributed by atoms with Crippen LogP contribution in [0.2, 0.25) is 0 Å². The van der Waals surface area contributed by atoms with Crippen molar-refractivity contribution in [1.29, 1.82) is 0 Å². The average molecular weight is 395 g/mol. The van der Waals surface area contributed by atoms with Gasteiger partial charge in [-0.3, -0.25) is 14.7 Å². The molecule has 29 heavy (non-hydrogen) atoms. The third-order valence-corrected chi connectivity index (χ3v) is 5.57. The minimum Gasteiger partial charge on any atom is -0.395 e. The van der Waals surface area contributed by atoms with E-state index in [1.165, 1.54) is 10.5 Å². The number of hydrogen-bond donors (Lipinski definition) is 3. The Morgan fingerprint density at radius 3 is 2.93 bits per heavy atom. The highest BCUT2D eigenvalue weighted by Crippen LogP contribution is 2.25. The molecule has 0 bridgehead atoms. The van der Waals surface area contributed by atoms with E-state index < -0.39 is 0 Å². The monoisotopic (exact) mass is 395 g/mol. The zero-order valence-corrected chi connectivity index (χ0v) is 16.7. The maximum absolute atomic E-state index is 13.2. The standard InChI is InChI=1S/C21H25N5O3/c1-3-13-5-4-6-16-14(13)11-18(22-16)20(28)26-8-7-17-15(12-26)19(24-23-17)21(29)25(2)9-10-27/h4-6,11,22,27H,3,7-10,12H2,1-2H3,(H,23,24). The zero-order chi connectivity index (χ0) is 20.5. The summed E-state index contributed by atoms with van der Waals surface area (Å²) in [7, 11) is 1.63. The van der Waals surface area contributed by atoms with Gasteiger partial charge in [-0.1, -0.05) is 19.1 Å². The Hall–Kier alpha value is -3.13. The van der Waals surface area contributed by atoms with E-state index in [1.54, 1.807) is 11.9 Å². The number of aromatic amines is 2. The van der Waals surface area contributed by atoms with Gasteiger partial charge in [-0.15, -0.1) is 0 Å². The van der Waals surface area contributed by atoms with Crippen molar-refractivity contribution in [3.8, 4) is 0 Å². The molecule has 3 heterocycles. The molecule has 3 N–H and O–H groups in total. The maximum Gasteiger partial charge on any atom is 0.274 e. The summed E-state index contributed by atoms with van der Waals surface area (Å²) in [6.45, 7) is 3.11. The fourth-order valence-corrected chi connectivity index (χ4v) is 3.89. The van der Waals surface area contributed by atoms with Gasteiger partial charge in [0.15, 0.2) is 5.69 Å². The van der Waals surface area contributed by atoms with Crippen molar-refractivity contribution in [2.45, 2.75) is 26.3 Å². The number of amides is 2. The fraction of sp³-hybridized carbons (Fsp3) is 0.381. The SMILES string of the molecule is CCc1cccc2[nH]c(C(=O)N3CCc4[nH]nc(C(=O)N(C)CCO)c4C3)cc12. The number of nitrogens with zero attached hydrogens (tertiary/aromatic N) is 3. The fourth-order valence-electron chi connectivity index (χ4n) is 3.89. The number of rotatable bonds is 5. The number of aliphatic hydroxyl groups excluding tert-OH is 1. The van der Waals surface area contributed by atoms with Gasteiger partial charge in [0, 0.05) is 48.7 Å². The Bertz CT molecular complexity index is 1070. The van der Waals surface area contributed by atoms with E-state index in [0.29, 0.717) is 30.9 Å². The summed E-state index contributed by atoms with van der Waals surface area (Å²) in [5.41, 5.74) is 4.67. The predicted molar refractivity (Wildman–Crippen MR) is 109 cm³/mol. The van der Waals surface area contributed by atoms with Gasteiger partial charge in [0.25, 0.3) is 11.8 Å². The van der Waals surface area contributed by atoms with Gasteiger partial charge < -0.3 is 19.9 Å². The number of likely N-dealkylation sites (N-methyl/N-ethyl adjacent to an activating group) is 1. The molecule has 2 aromatic heterocycles. The largest absolute Gasteiger partial charge is 0.395 e. The first-order chi connectivity index (χ1) is 14.0. The van der Waals surface area contributed by atoms with Crippen molar-refractivity contribution < 1.29 is 14.7 Å². The first kappa shape index (κ1) is 19.2. The first-order valence-electron chi connectivity index (χ1n) is 9.85. The summed E-state index contributed by atoms with van der Waals surface area (Å²) in [6.07, 6.45) is 1.52. The highest BCUT2D eigenvalue weighted by molar-refractivity contribution is 5.99. The van der Waals surface area contributed by atoms with E-state index in [2.05, 4.69) is 28.2 Å². The molecule has 4 rings (SSSR count). The van der Waals surface area contributed by atoms with Gasteiger partial charge in [-0.05, 0) is 24.1 Å². The topological polar surface area (TPSA) is 105 Å². The number of H-pyrrole nitrogens is 2. The molecule has 0 atom stereocenters. The van der Waals surface area contributed by atoms with Crippen LogP contribution >= 0.6 is 0 Å². The average Bonchev–Trinajstić information content (AvgIpc) is 3.36. The third kappa shape index (κ3) is 3.40. The predicted octanol–water partition coefficient (Wildman–Crippen LogP) is 1.72. The molecule has 8 nitrogen and oxygen atoms in total. The van der Waals surface area contributed by atoms with Gasteiger partial charge in [0.2, 0.25) is 0 Å². The van der Waals surface area contributed by atoms with Crippen LogP contribution in [0, 0.1) is 0 Å². The smallest absolute Gasteiger partial charge is 0.274 e. The number of aromatic nitrogens is 3. The lowest BCUT2D eigenvalue weighted by Gasteiger charge is -2.27. The van der Waals surface area contributed by atoms with Gasteiger partial charge in [0.1, 0.15) is 5.69 Å². The molecule has 3 aromatic rings. The van der Waals surface area contributed by atoms with Crippen LogP contribution in [0.5, 0.6) is 0 Å².